The van der Waals surface area contributed by atoms with Crippen molar-refractivity contribution in [1.82, 2.24) is 14.8 Å². The number of aromatic nitrogens is 3. The van der Waals surface area contributed by atoms with Crippen LogP contribution >= 0.6 is 11.8 Å². The quantitative estimate of drug-likeness (QED) is 0.842. The van der Waals surface area contributed by atoms with E-state index in [1.165, 1.54) is 23.9 Å². The smallest absolute Gasteiger partial charge is 0.191 e. The standard InChI is InChI=1S/C11H13FN4S/c1-16-7-14-15-11(16)17-10(6-13)8-2-4-9(12)5-3-8/h2-5,7,10H,6,13H2,1H3. The Morgan fingerprint density at radius 1 is 1.41 bits per heavy atom. The number of hydrogen-bond acceptors (Lipinski definition) is 4. The maximum absolute atomic E-state index is 12.8. The van der Waals surface area contributed by atoms with E-state index >= 15 is 0 Å². The van der Waals surface area contributed by atoms with Gasteiger partial charge in [-0.1, -0.05) is 23.9 Å². The van der Waals surface area contributed by atoms with Crippen LogP contribution < -0.4 is 5.73 Å². The summed E-state index contributed by atoms with van der Waals surface area (Å²) in [5, 5.41) is 8.65. The van der Waals surface area contributed by atoms with Crippen LogP contribution in [0.2, 0.25) is 0 Å². The number of nitrogens with zero attached hydrogens (tertiary/aromatic N) is 3. The molecule has 1 atom stereocenters. The Hall–Kier alpha value is -1.40. The van der Waals surface area contributed by atoms with Gasteiger partial charge >= 0.3 is 0 Å². The number of rotatable bonds is 4. The van der Waals surface area contributed by atoms with Gasteiger partial charge in [-0.2, -0.15) is 0 Å². The molecule has 0 aliphatic carbocycles. The molecule has 0 bridgehead atoms. The summed E-state index contributed by atoms with van der Waals surface area (Å²) in [6.07, 6.45) is 1.64. The number of aryl methyl sites for hydroxylation is 1. The van der Waals surface area contributed by atoms with Crippen LogP contribution in [-0.2, 0) is 7.05 Å². The average molecular weight is 252 g/mol. The maximum atomic E-state index is 12.8. The summed E-state index contributed by atoms with van der Waals surface area (Å²) in [4.78, 5) is 0. The van der Waals surface area contributed by atoms with Crippen molar-refractivity contribution in [2.45, 2.75) is 10.4 Å². The summed E-state index contributed by atoms with van der Waals surface area (Å²) in [6.45, 7) is 0.461. The van der Waals surface area contributed by atoms with E-state index in [0.29, 0.717) is 6.54 Å². The fourth-order valence-electron chi connectivity index (χ4n) is 1.44. The molecule has 0 saturated heterocycles. The highest BCUT2D eigenvalue weighted by Gasteiger charge is 2.14. The van der Waals surface area contributed by atoms with E-state index in [-0.39, 0.29) is 11.1 Å². The van der Waals surface area contributed by atoms with Crippen molar-refractivity contribution < 1.29 is 4.39 Å². The van der Waals surface area contributed by atoms with Crippen LogP contribution in [0.1, 0.15) is 10.8 Å². The topological polar surface area (TPSA) is 56.7 Å². The Balaban J connectivity index is 2.17. The summed E-state index contributed by atoms with van der Waals surface area (Å²) < 4.78 is 14.7. The van der Waals surface area contributed by atoms with Gasteiger partial charge in [-0.3, -0.25) is 0 Å². The third-order valence-corrected chi connectivity index (χ3v) is 3.70. The van der Waals surface area contributed by atoms with Gasteiger partial charge in [0.05, 0.1) is 0 Å². The van der Waals surface area contributed by atoms with Crippen molar-refractivity contribution in [2.24, 2.45) is 12.8 Å². The molecule has 0 radical (unpaired) electrons. The van der Waals surface area contributed by atoms with Crippen LogP contribution in [0.15, 0.2) is 35.7 Å². The minimum absolute atomic E-state index is 0.0542. The van der Waals surface area contributed by atoms with Gasteiger partial charge in [-0.05, 0) is 17.7 Å². The zero-order chi connectivity index (χ0) is 12.3. The zero-order valence-corrected chi connectivity index (χ0v) is 10.2. The van der Waals surface area contributed by atoms with E-state index in [4.69, 9.17) is 5.73 Å². The van der Waals surface area contributed by atoms with Crippen molar-refractivity contribution in [2.75, 3.05) is 6.54 Å². The van der Waals surface area contributed by atoms with Crippen LogP contribution in [0.3, 0.4) is 0 Å². The zero-order valence-electron chi connectivity index (χ0n) is 9.38. The van der Waals surface area contributed by atoms with Crippen LogP contribution in [0.5, 0.6) is 0 Å². The van der Waals surface area contributed by atoms with Crippen LogP contribution in [-0.4, -0.2) is 21.3 Å². The largest absolute Gasteiger partial charge is 0.329 e. The number of hydrogen-bond donors (Lipinski definition) is 1. The Bertz CT molecular complexity index is 482. The van der Waals surface area contributed by atoms with E-state index in [0.717, 1.165) is 10.7 Å². The van der Waals surface area contributed by atoms with Crippen molar-refractivity contribution in [3.63, 3.8) is 0 Å². The van der Waals surface area contributed by atoms with Gasteiger partial charge in [-0.25, -0.2) is 4.39 Å². The normalized spacial score (nSPS) is 12.6. The molecule has 1 aromatic carbocycles. The van der Waals surface area contributed by atoms with Gasteiger partial charge in [0, 0.05) is 18.8 Å². The van der Waals surface area contributed by atoms with Crippen LogP contribution in [0.25, 0.3) is 0 Å². The first kappa shape index (κ1) is 12.1. The molecule has 1 heterocycles. The molecule has 0 fully saturated rings. The second kappa shape index (κ2) is 5.29. The molecule has 4 nitrogen and oxygen atoms in total. The van der Waals surface area contributed by atoms with Gasteiger partial charge < -0.3 is 10.3 Å². The van der Waals surface area contributed by atoms with Gasteiger partial charge in [0.2, 0.25) is 0 Å². The molecule has 0 amide bonds. The summed E-state index contributed by atoms with van der Waals surface area (Å²) in [7, 11) is 1.88. The molecule has 0 aliphatic rings. The van der Waals surface area contributed by atoms with Crippen molar-refractivity contribution >= 4 is 11.8 Å². The first-order chi connectivity index (χ1) is 8.20. The lowest BCUT2D eigenvalue weighted by molar-refractivity contribution is 0.627. The number of halogens is 1. The highest BCUT2D eigenvalue weighted by Crippen LogP contribution is 2.32. The number of thioether (sulfide) groups is 1. The SMILES string of the molecule is Cn1cnnc1SC(CN)c1ccc(F)cc1. The monoisotopic (exact) mass is 252 g/mol. The third-order valence-electron chi connectivity index (χ3n) is 2.37. The lowest BCUT2D eigenvalue weighted by atomic mass is 10.1. The Morgan fingerprint density at radius 2 is 2.12 bits per heavy atom. The molecule has 2 N–H and O–H groups in total. The average Bonchev–Trinajstić information content (AvgIpc) is 2.73. The van der Waals surface area contributed by atoms with Crippen LogP contribution in [0, 0.1) is 5.82 Å². The number of nitrogens with two attached hydrogens (primary N) is 1. The number of benzene rings is 1. The second-order valence-electron chi connectivity index (χ2n) is 3.62. The molecule has 1 unspecified atom stereocenters. The van der Waals surface area contributed by atoms with Crippen molar-refractivity contribution in [3.8, 4) is 0 Å². The minimum Gasteiger partial charge on any atom is -0.329 e. The summed E-state index contributed by atoms with van der Waals surface area (Å²) in [5.74, 6) is -0.242. The predicted molar refractivity (Wildman–Crippen MR) is 65.1 cm³/mol. The van der Waals surface area contributed by atoms with E-state index in [2.05, 4.69) is 10.2 Å². The molecular weight excluding hydrogens is 239 g/mol. The third kappa shape index (κ3) is 2.83. The first-order valence-electron chi connectivity index (χ1n) is 5.17. The van der Waals surface area contributed by atoms with E-state index in [9.17, 15) is 4.39 Å². The fourth-order valence-corrected chi connectivity index (χ4v) is 2.39. The summed E-state index contributed by atoms with van der Waals surface area (Å²) in [5.41, 5.74) is 6.73. The first-order valence-corrected chi connectivity index (χ1v) is 6.05. The molecule has 6 heteroatoms. The lowest BCUT2D eigenvalue weighted by Gasteiger charge is -2.13. The molecule has 0 spiro atoms. The molecule has 0 aliphatic heterocycles. The molecule has 0 saturated carbocycles. The highest BCUT2D eigenvalue weighted by molar-refractivity contribution is 7.99. The summed E-state index contributed by atoms with van der Waals surface area (Å²) in [6, 6.07) is 6.37. The molecule has 1 aromatic heterocycles. The van der Waals surface area contributed by atoms with Gasteiger partial charge in [0.25, 0.3) is 0 Å². The Kier molecular flexibility index (Phi) is 3.75. The molecule has 2 aromatic rings. The molecular formula is C11H13FN4S. The van der Waals surface area contributed by atoms with E-state index in [1.807, 2.05) is 11.6 Å². The van der Waals surface area contributed by atoms with Crippen LogP contribution in [0.4, 0.5) is 4.39 Å². The molecule has 17 heavy (non-hydrogen) atoms. The lowest BCUT2D eigenvalue weighted by Crippen LogP contribution is -2.10. The minimum atomic E-state index is -0.242. The van der Waals surface area contributed by atoms with Crippen molar-refractivity contribution in [3.05, 3.63) is 42.0 Å². The molecule has 90 valence electrons. The second-order valence-corrected chi connectivity index (χ2v) is 4.79. The van der Waals surface area contributed by atoms with Gasteiger partial charge in [-0.15, -0.1) is 10.2 Å². The Labute approximate surface area is 103 Å². The molecule has 2 rings (SSSR count). The van der Waals surface area contributed by atoms with Gasteiger partial charge in [0.15, 0.2) is 5.16 Å². The highest BCUT2D eigenvalue weighted by atomic mass is 32.2. The fraction of sp³-hybridized carbons (Fsp3) is 0.273. The summed E-state index contributed by atoms with van der Waals surface area (Å²) >= 11 is 1.52. The predicted octanol–water partition coefficient (Wildman–Crippen LogP) is 1.75. The maximum Gasteiger partial charge on any atom is 0.191 e. The Morgan fingerprint density at radius 3 is 2.65 bits per heavy atom. The van der Waals surface area contributed by atoms with Crippen molar-refractivity contribution in [1.29, 1.82) is 0 Å². The van der Waals surface area contributed by atoms with E-state index in [1.54, 1.807) is 18.5 Å². The van der Waals surface area contributed by atoms with Gasteiger partial charge in [0.1, 0.15) is 12.1 Å². The van der Waals surface area contributed by atoms with E-state index < -0.39 is 0 Å².